The number of nitrogens with zero attached hydrogens (tertiary/aromatic N) is 2. The third kappa shape index (κ3) is 6.90. The highest BCUT2D eigenvalue weighted by Crippen LogP contribution is 2.28. The summed E-state index contributed by atoms with van der Waals surface area (Å²) in [6.45, 7) is 7.14. The first-order valence-corrected chi connectivity index (χ1v) is 13.8. The van der Waals surface area contributed by atoms with Gasteiger partial charge >= 0.3 is 0 Å². The van der Waals surface area contributed by atoms with Gasteiger partial charge in [0.1, 0.15) is 12.6 Å². The molecule has 3 aromatic carbocycles. The molecule has 1 N–H and O–H groups in total. The summed E-state index contributed by atoms with van der Waals surface area (Å²) in [6.07, 6.45) is 0. The number of anilines is 1. The van der Waals surface area contributed by atoms with Gasteiger partial charge in [0.25, 0.3) is 10.0 Å². The maximum Gasteiger partial charge on any atom is 0.264 e. The molecule has 0 heterocycles. The topological polar surface area (TPSA) is 86.8 Å². The Hall–Kier alpha value is -3.36. The van der Waals surface area contributed by atoms with Gasteiger partial charge in [-0.05, 0) is 74.7 Å². The van der Waals surface area contributed by atoms with Crippen molar-refractivity contribution in [1.82, 2.24) is 10.2 Å². The van der Waals surface area contributed by atoms with E-state index in [4.69, 9.17) is 11.6 Å². The van der Waals surface area contributed by atoms with Gasteiger partial charge in [0.05, 0.1) is 10.6 Å². The standard InChI is InChI=1S/C28H32ClN3O4S/c1-5-30-28(34)22(4)31(18-23-13-15-24(29)16-14-23)27(33)19-32(26-17-20(2)11-12-21(26)3)37(35,36)25-9-7-6-8-10-25/h6-17,22H,5,18-19H2,1-4H3,(H,30,34)/t22-/m0/s1. The summed E-state index contributed by atoms with van der Waals surface area (Å²) in [6, 6.07) is 19.6. The summed E-state index contributed by atoms with van der Waals surface area (Å²) in [5.41, 5.74) is 2.74. The highest BCUT2D eigenvalue weighted by Gasteiger charge is 2.33. The Balaban J connectivity index is 2.05. The van der Waals surface area contributed by atoms with Gasteiger partial charge in [-0.3, -0.25) is 13.9 Å². The monoisotopic (exact) mass is 541 g/mol. The van der Waals surface area contributed by atoms with Crippen molar-refractivity contribution in [3.8, 4) is 0 Å². The molecule has 0 saturated carbocycles. The number of benzene rings is 3. The summed E-state index contributed by atoms with van der Waals surface area (Å²) in [5.74, 6) is -0.830. The first kappa shape index (κ1) is 28.2. The van der Waals surface area contributed by atoms with E-state index in [9.17, 15) is 18.0 Å². The van der Waals surface area contributed by atoms with Gasteiger partial charge in [-0.15, -0.1) is 0 Å². The largest absolute Gasteiger partial charge is 0.355 e. The Kier molecular flexibility index (Phi) is 9.34. The van der Waals surface area contributed by atoms with E-state index in [0.29, 0.717) is 22.8 Å². The molecular weight excluding hydrogens is 510 g/mol. The number of carbonyl (C=O) groups excluding carboxylic acids is 2. The molecule has 0 aliphatic rings. The van der Waals surface area contributed by atoms with Crippen LogP contribution in [0.5, 0.6) is 0 Å². The van der Waals surface area contributed by atoms with Crippen molar-refractivity contribution in [3.63, 3.8) is 0 Å². The summed E-state index contributed by atoms with van der Waals surface area (Å²) in [5, 5.41) is 3.30. The van der Waals surface area contributed by atoms with Gasteiger partial charge in [0.2, 0.25) is 11.8 Å². The van der Waals surface area contributed by atoms with Crippen LogP contribution >= 0.6 is 11.6 Å². The lowest BCUT2D eigenvalue weighted by molar-refractivity contribution is -0.139. The summed E-state index contributed by atoms with van der Waals surface area (Å²) in [7, 11) is -4.09. The first-order valence-electron chi connectivity index (χ1n) is 12.0. The zero-order valence-electron chi connectivity index (χ0n) is 21.4. The molecule has 0 radical (unpaired) electrons. The molecule has 0 aliphatic carbocycles. The van der Waals surface area contributed by atoms with Crippen LogP contribution in [-0.2, 0) is 26.2 Å². The number of amides is 2. The number of nitrogens with one attached hydrogen (secondary N) is 1. The van der Waals surface area contributed by atoms with Crippen LogP contribution in [0.2, 0.25) is 5.02 Å². The van der Waals surface area contributed by atoms with Crippen molar-refractivity contribution < 1.29 is 18.0 Å². The molecule has 0 unspecified atom stereocenters. The number of carbonyl (C=O) groups is 2. The third-order valence-electron chi connectivity index (χ3n) is 6.03. The van der Waals surface area contributed by atoms with Crippen molar-refractivity contribution in [2.24, 2.45) is 0 Å². The summed E-state index contributed by atoms with van der Waals surface area (Å²) in [4.78, 5) is 28.1. The van der Waals surface area contributed by atoms with Gasteiger partial charge in [-0.1, -0.05) is 54.1 Å². The molecule has 1 atom stereocenters. The van der Waals surface area contributed by atoms with Crippen LogP contribution < -0.4 is 9.62 Å². The van der Waals surface area contributed by atoms with Crippen molar-refractivity contribution in [2.75, 3.05) is 17.4 Å². The summed E-state index contributed by atoms with van der Waals surface area (Å²) >= 11 is 6.02. The van der Waals surface area contributed by atoms with Crippen LogP contribution in [-0.4, -0.2) is 44.3 Å². The molecule has 0 saturated heterocycles. The third-order valence-corrected chi connectivity index (χ3v) is 8.05. The molecule has 9 heteroatoms. The Morgan fingerprint density at radius 1 is 0.973 bits per heavy atom. The average molecular weight is 542 g/mol. The minimum Gasteiger partial charge on any atom is -0.355 e. The average Bonchev–Trinajstić information content (AvgIpc) is 2.88. The second-order valence-electron chi connectivity index (χ2n) is 8.83. The van der Waals surface area contributed by atoms with E-state index in [1.807, 2.05) is 19.1 Å². The quantitative estimate of drug-likeness (QED) is 0.403. The SMILES string of the molecule is CCNC(=O)[C@H](C)N(Cc1ccc(Cl)cc1)C(=O)CN(c1cc(C)ccc1C)S(=O)(=O)c1ccccc1. The van der Waals surface area contributed by atoms with Gasteiger partial charge in [0.15, 0.2) is 0 Å². The Labute approximate surface area is 224 Å². The van der Waals surface area contributed by atoms with Crippen LogP contribution in [0.1, 0.15) is 30.5 Å². The number of hydrogen-bond acceptors (Lipinski definition) is 4. The maximum absolute atomic E-state index is 13.8. The minimum atomic E-state index is -4.09. The van der Waals surface area contributed by atoms with Crippen LogP contribution in [0.4, 0.5) is 5.69 Å². The molecule has 0 aliphatic heterocycles. The highest BCUT2D eigenvalue weighted by molar-refractivity contribution is 7.92. The smallest absolute Gasteiger partial charge is 0.264 e. The lowest BCUT2D eigenvalue weighted by Crippen LogP contribution is -2.51. The lowest BCUT2D eigenvalue weighted by atomic mass is 10.1. The molecule has 37 heavy (non-hydrogen) atoms. The molecule has 7 nitrogen and oxygen atoms in total. The fraction of sp³-hybridized carbons (Fsp3) is 0.286. The van der Waals surface area contributed by atoms with E-state index >= 15 is 0 Å². The van der Waals surface area contributed by atoms with Gasteiger partial charge in [0, 0.05) is 18.1 Å². The van der Waals surface area contributed by atoms with Crippen LogP contribution in [0.25, 0.3) is 0 Å². The Morgan fingerprint density at radius 2 is 1.62 bits per heavy atom. The van der Waals surface area contributed by atoms with E-state index in [2.05, 4.69) is 5.32 Å². The predicted octanol–water partition coefficient (Wildman–Crippen LogP) is 4.71. The number of sulfonamides is 1. The first-order chi connectivity index (χ1) is 17.5. The zero-order chi connectivity index (χ0) is 27.2. The van der Waals surface area contributed by atoms with Crippen molar-refractivity contribution >= 4 is 39.1 Å². The maximum atomic E-state index is 13.8. The second kappa shape index (κ2) is 12.3. The molecule has 3 aromatic rings. The fourth-order valence-electron chi connectivity index (χ4n) is 3.91. The molecule has 196 valence electrons. The fourth-order valence-corrected chi connectivity index (χ4v) is 5.53. The number of halogens is 1. The molecular formula is C28H32ClN3O4S. The van der Waals surface area contributed by atoms with E-state index in [1.54, 1.807) is 69.3 Å². The van der Waals surface area contributed by atoms with Crippen molar-refractivity contribution in [1.29, 1.82) is 0 Å². The Bertz CT molecular complexity index is 1350. The molecule has 0 fully saturated rings. The molecule has 0 spiro atoms. The van der Waals surface area contributed by atoms with Gasteiger partial charge in [-0.25, -0.2) is 8.42 Å². The van der Waals surface area contributed by atoms with E-state index in [-0.39, 0.29) is 17.3 Å². The van der Waals surface area contributed by atoms with Gasteiger partial charge < -0.3 is 10.2 Å². The minimum absolute atomic E-state index is 0.0738. The molecule has 0 bridgehead atoms. The number of rotatable bonds is 10. The van der Waals surface area contributed by atoms with E-state index in [0.717, 1.165) is 15.4 Å². The Morgan fingerprint density at radius 3 is 2.24 bits per heavy atom. The van der Waals surface area contributed by atoms with E-state index < -0.39 is 28.5 Å². The highest BCUT2D eigenvalue weighted by atomic mass is 35.5. The predicted molar refractivity (Wildman–Crippen MR) is 147 cm³/mol. The second-order valence-corrected chi connectivity index (χ2v) is 11.1. The normalized spacial score (nSPS) is 12.0. The van der Waals surface area contributed by atoms with Crippen LogP contribution in [0.15, 0.2) is 77.7 Å². The van der Waals surface area contributed by atoms with E-state index in [1.165, 1.54) is 17.0 Å². The number of hydrogen-bond donors (Lipinski definition) is 1. The molecule has 0 aromatic heterocycles. The molecule has 3 rings (SSSR count). The van der Waals surface area contributed by atoms with Crippen LogP contribution in [0, 0.1) is 13.8 Å². The van der Waals surface area contributed by atoms with Gasteiger partial charge in [-0.2, -0.15) is 0 Å². The number of likely N-dealkylation sites (N-methyl/N-ethyl adjacent to an activating group) is 1. The number of aryl methyl sites for hydroxylation is 2. The van der Waals surface area contributed by atoms with Crippen LogP contribution in [0.3, 0.4) is 0 Å². The van der Waals surface area contributed by atoms with Crippen molar-refractivity contribution in [2.45, 2.75) is 45.2 Å². The summed E-state index contributed by atoms with van der Waals surface area (Å²) < 4.78 is 28.8. The molecule has 2 amide bonds. The lowest BCUT2D eigenvalue weighted by Gasteiger charge is -2.32. The zero-order valence-corrected chi connectivity index (χ0v) is 23.0. The van der Waals surface area contributed by atoms with Crippen molar-refractivity contribution in [3.05, 3.63) is 94.5 Å².